The van der Waals surface area contributed by atoms with E-state index < -0.39 is 6.09 Å². The molecule has 1 saturated heterocycles. The highest BCUT2D eigenvalue weighted by atomic mass is 16.5. The van der Waals surface area contributed by atoms with E-state index in [2.05, 4.69) is 34.1 Å². The number of carbonyl (C=O) groups excluding carboxylic acids is 1. The molecule has 1 aromatic carbocycles. The van der Waals surface area contributed by atoms with E-state index in [1.54, 1.807) is 0 Å². The third kappa shape index (κ3) is 4.61. The highest BCUT2D eigenvalue weighted by Gasteiger charge is 2.27. The van der Waals surface area contributed by atoms with Gasteiger partial charge in [-0.25, -0.2) is 4.79 Å². The Kier molecular flexibility index (Phi) is 5.63. The van der Waals surface area contributed by atoms with Gasteiger partial charge in [0.05, 0.1) is 20.3 Å². The van der Waals surface area contributed by atoms with Crippen LogP contribution in [0.25, 0.3) is 0 Å². The van der Waals surface area contributed by atoms with Gasteiger partial charge in [-0.3, -0.25) is 10.2 Å². The minimum atomic E-state index is -0.467. The zero-order valence-electron chi connectivity index (χ0n) is 13.5. The summed E-state index contributed by atoms with van der Waals surface area (Å²) in [5.41, 5.74) is 1.71. The van der Waals surface area contributed by atoms with E-state index in [1.165, 1.54) is 7.11 Å². The van der Waals surface area contributed by atoms with Gasteiger partial charge in [-0.05, 0) is 32.0 Å². The van der Waals surface area contributed by atoms with Gasteiger partial charge in [-0.1, -0.05) is 6.07 Å². The second kappa shape index (κ2) is 7.47. The average molecular weight is 307 g/mol. The van der Waals surface area contributed by atoms with Crippen LogP contribution in [0.15, 0.2) is 24.3 Å². The Morgan fingerprint density at radius 1 is 1.32 bits per heavy atom. The Morgan fingerprint density at radius 3 is 2.68 bits per heavy atom. The van der Waals surface area contributed by atoms with Gasteiger partial charge in [0.2, 0.25) is 0 Å². The molecular formula is C16H25N3O3. The second-order valence-electron chi connectivity index (χ2n) is 5.96. The van der Waals surface area contributed by atoms with Crippen LogP contribution in [-0.2, 0) is 9.47 Å². The topological polar surface area (TPSA) is 62.8 Å². The van der Waals surface area contributed by atoms with Gasteiger partial charge in [0, 0.05) is 36.5 Å². The summed E-state index contributed by atoms with van der Waals surface area (Å²) in [5.74, 6) is 0. The molecule has 0 bridgehead atoms. The van der Waals surface area contributed by atoms with Crippen molar-refractivity contribution in [3.05, 3.63) is 24.3 Å². The van der Waals surface area contributed by atoms with E-state index in [0.717, 1.165) is 38.5 Å². The molecule has 0 aromatic heterocycles. The minimum absolute atomic E-state index is 0.0373. The van der Waals surface area contributed by atoms with Gasteiger partial charge in [0.15, 0.2) is 0 Å². The maximum Gasteiger partial charge on any atom is 0.411 e. The molecule has 0 spiro atoms. The molecule has 0 atom stereocenters. The van der Waals surface area contributed by atoms with Crippen molar-refractivity contribution in [2.24, 2.45) is 0 Å². The molecule has 1 aliphatic heterocycles. The van der Waals surface area contributed by atoms with E-state index >= 15 is 0 Å². The zero-order chi connectivity index (χ0) is 16.0. The maximum atomic E-state index is 11.2. The average Bonchev–Trinajstić information content (AvgIpc) is 2.54. The van der Waals surface area contributed by atoms with Crippen LogP contribution in [0.2, 0.25) is 0 Å². The van der Waals surface area contributed by atoms with Crippen LogP contribution in [0.4, 0.5) is 16.2 Å². The first kappa shape index (κ1) is 16.6. The van der Waals surface area contributed by atoms with Crippen molar-refractivity contribution in [2.45, 2.75) is 19.4 Å². The van der Waals surface area contributed by atoms with E-state index in [0.29, 0.717) is 5.69 Å². The summed E-state index contributed by atoms with van der Waals surface area (Å²) in [6.45, 7) is 8.76. The molecule has 0 aliphatic carbocycles. The molecule has 0 radical (unpaired) electrons. The number of carbonyl (C=O) groups is 1. The number of amides is 1. The van der Waals surface area contributed by atoms with Crippen molar-refractivity contribution in [1.82, 2.24) is 4.90 Å². The van der Waals surface area contributed by atoms with Crippen molar-refractivity contribution in [2.75, 3.05) is 50.6 Å². The van der Waals surface area contributed by atoms with Gasteiger partial charge in [0.1, 0.15) is 0 Å². The molecule has 1 fully saturated rings. The van der Waals surface area contributed by atoms with Gasteiger partial charge in [0.25, 0.3) is 0 Å². The lowest BCUT2D eigenvalue weighted by molar-refractivity contribution is -0.00568. The number of nitrogens with zero attached hydrogens (tertiary/aromatic N) is 1. The first-order valence-electron chi connectivity index (χ1n) is 7.53. The summed E-state index contributed by atoms with van der Waals surface area (Å²) in [6, 6.07) is 7.61. The van der Waals surface area contributed by atoms with Crippen LogP contribution in [0.3, 0.4) is 0 Å². The van der Waals surface area contributed by atoms with Crippen LogP contribution < -0.4 is 10.6 Å². The molecule has 2 N–H and O–H groups in total. The largest absolute Gasteiger partial charge is 0.453 e. The quantitative estimate of drug-likeness (QED) is 0.874. The molecule has 1 heterocycles. The van der Waals surface area contributed by atoms with Crippen LogP contribution in [0.1, 0.15) is 13.8 Å². The fourth-order valence-electron chi connectivity index (χ4n) is 2.47. The number of anilines is 2. The predicted molar refractivity (Wildman–Crippen MR) is 87.4 cm³/mol. The smallest absolute Gasteiger partial charge is 0.411 e. The summed E-state index contributed by atoms with van der Waals surface area (Å²) in [4.78, 5) is 13.7. The Bertz CT molecular complexity index is 499. The molecular weight excluding hydrogens is 282 g/mol. The molecule has 1 aliphatic rings. The molecule has 6 nitrogen and oxygen atoms in total. The number of hydrogen-bond donors (Lipinski definition) is 2. The maximum absolute atomic E-state index is 11.2. The number of nitrogens with one attached hydrogen (secondary N) is 2. The van der Waals surface area contributed by atoms with E-state index in [-0.39, 0.29) is 5.54 Å². The Balaban J connectivity index is 1.92. The number of ether oxygens (including phenoxy) is 2. The molecule has 1 aromatic rings. The number of methoxy groups -OCH3 is 1. The summed E-state index contributed by atoms with van der Waals surface area (Å²) < 4.78 is 10.0. The monoisotopic (exact) mass is 307 g/mol. The lowest BCUT2D eigenvalue weighted by atomic mass is 10.0. The normalized spacial score (nSPS) is 16.1. The van der Waals surface area contributed by atoms with E-state index in [4.69, 9.17) is 4.74 Å². The summed E-state index contributed by atoms with van der Waals surface area (Å²) in [5, 5.41) is 6.10. The lowest BCUT2D eigenvalue weighted by Crippen LogP contribution is -2.53. The van der Waals surface area contributed by atoms with E-state index in [1.807, 2.05) is 24.3 Å². The van der Waals surface area contributed by atoms with Crippen molar-refractivity contribution >= 4 is 17.5 Å². The fraction of sp³-hybridized carbons (Fsp3) is 0.562. The number of rotatable bonds is 5. The number of morpholine rings is 1. The number of hydrogen-bond acceptors (Lipinski definition) is 5. The van der Waals surface area contributed by atoms with E-state index in [9.17, 15) is 4.79 Å². The predicted octanol–water partition coefficient (Wildman–Crippen LogP) is 2.39. The first-order valence-corrected chi connectivity index (χ1v) is 7.53. The SMILES string of the molecule is COC(=O)Nc1cccc(NCC(C)(C)N2CCOCC2)c1. The van der Waals surface area contributed by atoms with Crippen molar-refractivity contribution in [3.8, 4) is 0 Å². The molecule has 122 valence electrons. The highest BCUT2D eigenvalue weighted by Crippen LogP contribution is 2.20. The Morgan fingerprint density at radius 2 is 2.00 bits per heavy atom. The Labute approximate surface area is 131 Å². The molecule has 2 rings (SSSR count). The zero-order valence-corrected chi connectivity index (χ0v) is 13.5. The summed E-state index contributed by atoms with van der Waals surface area (Å²) in [7, 11) is 1.35. The summed E-state index contributed by atoms with van der Waals surface area (Å²) in [6.07, 6.45) is -0.467. The highest BCUT2D eigenvalue weighted by molar-refractivity contribution is 5.85. The van der Waals surface area contributed by atoms with Crippen molar-refractivity contribution in [1.29, 1.82) is 0 Å². The molecule has 0 unspecified atom stereocenters. The van der Waals surface area contributed by atoms with Crippen LogP contribution in [0, 0.1) is 0 Å². The van der Waals surface area contributed by atoms with Gasteiger partial charge in [-0.15, -0.1) is 0 Å². The third-order valence-corrected chi connectivity index (χ3v) is 3.89. The Hall–Kier alpha value is -1.79. The van der Waals surface area contributed by atoms with Crippen LogP contribution >= 0.6 is 0 Å². The minimum Gasteiger partial charge on any atom is -0.453 e. The third-order valence-electron chi connectivity index (χ3n) is 3.89. The van der Waals surface area contributed by atoms with Crippen molar-refractivity contribution < 1.29 is 14.3 Å². The van der Waals surface area contributed by atoms with Gasteiger partial charge < -0.3 is 14.8 Å². The second-order valence-corrected chi connectivity index (χ2v) is 5.96. The summed E-state index contributed by atoms with van der Waals surface area (Å²) >= 11 is 0. The van der Waals surface area contributed by atoms with Gasteiger partial charge in [-0.2, -0.15) is 0 Å². The fourth-order valence-corrected chi connectivity index (χ4v) is 2.47. The number of benzene rings is 1. The molecule has 1 amide bonds. The molecule has 0 saturated carbocycles. The van der Waals surface area contributed by atoms with Gasteiger partial charge >= 0.3 is 6.09 Å². The molecule has 22 heavy (non-hydrogen) atoms. The van der Waals surface area contributed by atoms with Crippen molar-refractivity contribution in [3.63, 3.8) is 0 Å². The van der Waals surface area contributed by atoms with Crippen LogP contribution in [-0.4, -0.2) is 56.5 Å². The standard InChI is InChI=1S/C16H25N3O3/c1-16(2,19-7-9-22-10-8-19)12-17-13-5-4-6-14(11-13)18-15(20)21-3/h4-6,11,17H,7-10,12H2,1-3H3,(H,18,20). The van der Waals surface area contributed by atoms with Crippen LogP contribution in [0.5, 0.6) is 0 Å². The lowest BCUT2D eigenvalue weighted by Gasteiger charge is -2.41. The first-order chi connectivity index (χ1) is 10.5. The molecule has 6 heteroatoms.